The molecule has 1 aliphatic carbocycles. The molecule has 72 valence electrons. The van der Waals surface area contributed by atoms with E-state index >= 15 is 0 Å². The Bertz CT molecular complexity index is 202. The molecule has 2 atom stereocenters. The molecule has 2 unspecified atom stereocenters. The molecule has 1 nitrogen and oxygen atoms in total. The van der Waals surface area contributed by atoms with Crippen molar-refractivity contribution in [3.63, 3.8) is 0 Å². The minimum absolute atomic E-state index is 0.719. The Morgan fingerprint density at radius 2 is 1.33 bits per heavy atom. The molecule has 0 radical (unpaired) electrons. The maximum atomic E-state index is 13.2. The van der Waals surface area contributed by atoms with Crippen molar-refractivity contribution < 1.29 is 22.7 Å². The maximum absolute atomic E-state index is 13.2. The van der Waals surface area contributed by atoms with Crippen molar-refractivity contribution in [2.45, 2.75) is 38.2 Å². The molecule has 1 saturated carbocycles. The zero-order valence-electron chi connectivity index (χ0n) is 6.96. The predicted molar refractivity (Wildman–Crippen MR) is 34.3 cm³/mol. The second-order valence-electron chi connectivity index (χ2n) is 3.83. The number of alkyl halides is 4. The van der Waals surface area contributed by atoms with Crippen LogP contribution in [0.3, 0.4) is 0 Å². The molecule has 0 aliphatic heterocycles. The van der Waals surface area contributed by atoms with Gasteiger partial charge in [0.2, 0.25) is 5.67 Å². The minimum Gasteiger partial charge on any atom is -0.334 e. The van der Waals surface area contributed by atoms with Gasteiger partial charge < -0.3 is 5.11 Å². The first kappa shape index (κ1) is 9.77. The zero-order valence-corrected chi connectivity index (χ0v) is 6.96. The Labute approximate surface area is 67.4 Å². The quantitative estimate of drug-likeness (QED) is 0.621. The van der Waals surface area contributed by atoms with E-state index in [-0.39, 0.29) is 0 Å². The molecule has 0 spiro atoms. The summed E-state index contributed by atoms with van der Waals surface area (Å²) in [7, 11) is 0. The van der Waals surface area contributed by atoms with Crippen LogP contribution in [0.2, 0.25) is 0 Å². The number of halogens is 4. The van der Waals surface area contributed by atoms with Gasteiger partial charge in [-0.15, -0.1) is 0 Å². The monoisotopic (exact) mass is 186 g/mol. The molecule has 0 heterocycles. The highest BCUT2D eigenvalue weighted by molar-refractivity contribution is 5.33. The molecule has 0 saturated heterocycles. The van der Waals surface area contributed by atoms with Gasteiger partial charge in [0.25, 0.3) is 0 Å². The van der Waals surface area contributed by atoms with Gasteiger partial charge in [0.1, 0.15) is 0 Å². The van der Waals surface area contributed by atoms with Gasteiger partial charge in [-0.2, -0.15) is 8.78 Å². The predicted octanol–water partition coefficient (Wildman–Crippen LogP) is 2.05. The van der Waals surface area contributed by atoms with E-state index in [2.05, 4.69) is 0 Å². The molecule has 1 aliphatic rings. The Morgan fingerprint density at radius 3 is 1.33 bits per heavy atom. The van der Waals surface area contributed by atoms with Crippen molar-refractivity contribution in [3.05, 3.63) is 0 Å². The molecule has 1 N–H and O–H groups in total. The lowest BCUT2D eigenvalue weighted by Gasteiger charge is -2.16. The van der Waals surface area contributed by atoms with Crippen LogP contribution in [0.4, 0.5) is 17.6 Å². The van der Waals surface area contributed by atoms with Crippen molar-refractivity contribution in [3.8, 4) is 0 Å². The highest BCUT2D eigenvalue weighted by atomic mass is 19.3. The molecule has 12 heavy (non-hydrogen) atoms. The van der Waals surface area contributed by atoms with Crippen molar-refractivity contribution >= 4 is 0 Å². The summed E-state index contributed by atoms with van der Waals surface area (Å²) < 4.78 is 50.7. The van der Waals surface area contributed by atoms with E-state index < -0.39 is 22.9 Å². The lowest BCUT2D eigenvalue weighted by Crippen LogP contribution is -2.38. The lowest BCUT2D eigenvalue weighted by molar-refractivity contribution is -0.266. The fourth-order valence-corrected chi connectivity index (χ4v) is 1.64. The van der Waals surface area contributed by atoms with Gasteiger partial charge in [-0.05, 0) is 6.92 Å². The Kier molecular flexibility index (Phi) is 1.45. The first-order chi connectivity index (χ1) is 5.00. The van der Waals surface area contributed by atoms with Gasteiger partial charge in [0, 0.05) is 5.41 Å². The van der Waals surface area contributed by atoms with Crippen molar-refractivity contribution in [1.29, 1.82) is 0 Å². The highest BCUT2D eigenvalue weighted by Gasteiger charge is 2.93. The molecule has 0 bridgehead atoms. The molecule has 5 heteroatoms. The highest BCUT2D eigenvalue weighted by Crippen LogP contribution is 2.74. The first-order valence-corrected chi connectivity index (χ1v) is 3.48. The van der Waals surface area contributed by atoms with Crippen LogP contribution in [0.5, 0.6) is 0 Å². The van der Waals surface area contributed by atoms with Gasteiger partial charge in [-0.3, -0.25) is 0 Å². The minimum atomic E-state index is -4.62. The standard InChI is InChI=1S/C7H10F4O/c1-4(2)5(3,8)6(4,9)7(10,11)12/h12H,1-3H3. The largest absolute Gasteiger partial charge is 0.391 e. The summed E-state index contributed by atoms with van der Waals surface area (Å²) >= 11 is 0. The second kappa shape index (κ2) is 1.78. The van der Waals surface area contributed by atoms with Crippen molar-refractivity contribution in [2.24, 2.45) is 5.41 Å². The van der Waals surface area contributed by atoms with E-state index in [0.717, 1.165) is 20.8 Å². The van der Waals surface area contributed by atoms with Crippen LogP contribution in [0, 0.1) is 5.41 Å². The Hall–Kier alpha value is -0.320. The Balaban J connectivity index is 3.09. The van der Waals surface area contributed by atoms with Crippen LogP contribution in [0.15, 0.2) is 0 Å². The van der Waals surface area contributed by atoms with Crippen molar-refractivity contribution in [1.82, 2.24) is 0 Å². The van der Waals surface area contributed by atoms with Gasteiger partial charge >= 0.3 is 6.11 Å². The molecule has 0 aromatic rings. The van der Waals surface area contributed by atoms with Crippen LogP contribution in [-0.4, -0.2) is 22.6 Å². The maximum Gasteiger partial charge on any atom is 0.391 e. The van der Waals surface area contributed by atoms with Crippen molar-refractivity contribution in [2.75, 3.05) is 0 Å². The molecule has 1 rings (SSSR count). The normalized spacial score (nSPS) is 46.0. The number of rotatable bonds is 1. The van der Waals surface area contributed by atoms with Crippen LogP contribution >= 0.6 is 0 Å². The molecule has 0 aromatic heterocycles. The summed E-state index contributed by atoms with van der Waals surface area (Å²) in [4.78, 5) is 0. The molecular weight excluding hydrogens is 176 g/mol. The topological polar surface area (TPSA) is 20.2 Å². The molecule has 0 aromatic carbocycles. The summed E-state index contributed by atoms with van der Waals surface area (Å²) in [5.74, 6) is 0. The molecular formula is C7H10F4O. The van der Waals surface area contributed by atoms with Crippen LogP contribution in [-0.2, 0) is 0 Å². The van der Waals surface area contributed by atoms with Gasteiger partial charge in [-0.25, -0.2) is 8.78 Å². The van der Waals surface area contributed by atoms with E-state index in [9.17, 15) is 17.6 Å². The fourth-order valence-electron chi connectivity index (χ4n) is 1.64. The fraction of sp³-hybridized carbons (Fsp3) is 1.00. The number of hydrogen-bond donors (Lipinski definition) is 1. The summed E-state index contributed by atoms with van der Waals surface area (Å²) in [6, 6.07) is 0. The van der Waals surface area contributed by atoms with Crippen LogP contribution in [0.25, 0.3) is 0 Å². The molecule has 0 amide bonds. The Morgan fingerprint density at radius 1 is 1.08 bits per heavy atom. The van der Waals surface area contributed by atoms with Crippen LogP contribution < -0.4 is 0 Å². The first-order valence-electron chi connectivity index (χ1n) is 3.48. The lowest BCUT2D eigenvalue weighted by atomic mass is 10.1. The van der Waals surface area contributed by atoms with E-state index in [4.69, 9.17) is 5.11 Å². The second-order valence-corrected chi connectivity index (χ2v) is 3.83. The van der Waals surface area contributed by atoms with E-state index in [1.165, 1.54) is 0 Å². The summed E-state index contributed by atoms with van der Waals surface area (Å²) in [6.07, 6.45) is -4.62. The average molecular weight is 186 g/mol. The van der Waals surface area contributed by atoms with Gasteiger partial charge in [0.05, 0.1) is 0 Å². The smallest absolute Gasteiger partial charge is 0.334 e. The van der Waals surface area contributed by atoms with E-state index in [0.29, 0.717) is 0 Å². The number of aliphatic hydroxyl groups is 1. The third kappa shape index (κ3) is 0.643. The summed E-state index contributed by atoms with van der Waals surface area (Å²) in [6.45, 7) is 2.74. The van der Waals surface area contributed by atoms with E-state index in [1.54, 1.807) is 0 Å². The van der Waals surface area contributed by atoms with Gasteiger partial charge in [0.15, 0.2) is 5.67 Å². The molecule has 1 fully saturated rings. The van der Waals surface area contributed by atoms with Gasteiger partial charge in [-0.1, -0.05) is 13.8 Å². The third-order valence-electron chi connectivity index (χ3n) is 3.03. The van der Waals surface area contributed by atoms with Crippen LogP contribution in [0.1, 0.15) is 20.8 Å². The number of hydrogen-bond acceptors (Lipinski definition) is 1. The SMILES string of the molecule is CC1(C)C(C)(F)C1(F)C(O)(F)F. The summed E-state index contributed by atoms with van der Waals surface area (Å²) in [5.41, 5.74) is -8.00. The summed E-state index contributed by atoms with van der Waals surface area (Å²) in [5, 5.41) is 8.14. The third-order valence-corrected chi connectivity index (χ3v) is 3.03. The zero-order chi connectivity index (χ0) is 10.0. The van der Waals surface area contributed by atoms with E-state index in [1.807, 2.05) is 0 Å². The average Bonchev–Trinajstić information content (AvgIpc) is 2.09.